The Kier molecular flexibility index (Phi) is 2.87. The molecule has 1 aromatic heterocycles. The molecular formula is C15H13N3O2. The number of anilines is 1. The van der Waals surface area contributed by atoms with E-state index in [9.17, 15) is 4.79 Å². The van der Waals surface area contributed by atoms with Crippen molar-refractivity contribution in [3.05, 3.63) is 59.1 Å². The van der Waals surface area contributed by atoms with Gasteiger partial charge in [-0.05, 0) is 24.3 Å². The van der Waals surface area contributed by atoms with E-state index in [2.05, 4.69) is 4.98 Å². The van der Waals surface area contributed by atoms with E-state index in [1.54, 1.807) is 24.3 Å². The predicted molar refractivity (Wildman–Crippen MR) is 78.3 cm³/mol. The molecule has 0 aliphatic heterocycles. The number of hydrogen-bond donors (Lipinski definition) is 1. The van der Waals surface area contributed by atoms with Crippen LogP contribution in [0.25, 0.3) is 16.6 Å². The van der Waals surface area contributed by atoms with Crippen molar-refractivity contribution in [3.63, 3.8) is 0 Å². The van der Waals surface area contributed by atoms with Crippen LogP contribution >= 0.6 is 0 Å². The number of aromatic nitrogens is 2. The first-order valence-electron chi connectivity index (χ1n) is 6.11. The van der Waals surface area contributed by atoms with Gasteiger partial charge in [-0.1, -0.05) is 12.1 Å². The average molecular weight is 267 g/mol. The predicted octanol–water partition coefficient (Wildman–Crippen LogP) is 1.98. The molecule has 100 valence electrons. The summed E-state index contributed by atoms with van der Waals surface area (Å²) in [5.41, 5.74) is 7.52. The van der Waals surface area contributed by atoms with Crippen LogP contribution in [0.1, 0.15) is 0 Å². The Hall–Kier alpha value is -2.82. The van der Waals surface area contributed by atoms with Gasteiger partial charge in [0.05, 0.1) is 29.4 Å². The zero-order valence-electron chi connectivity index (χ0n) is 10.9. The van der Waals surface area contributed by atoms with Gasteiger partial charge in [0, 0.05) is 6.07 Å². The summed E-state index contributed by atoms with van der Waals surface area (Å²) in [4.78, 5) is 16.8. The van der Waals surface area contributed by atoms with Gasteiger partial charge in [0.2, 0.25) is 0 Å². The summed E-state index contributed by atoms with van der Waals surface area (Å²) in [6, 6.07) is 12.4. The second-order valence-corrected chi connectivity index (χ2v) is 4.36. The number of benzene rings is 2. The van der Waals surface area contributed by atoms with Crippen LogP contribution in [0.5, 0.6) is 5.75 Å². The zero-order chi connectivity index (χ0) is 14.1. The molecule has 0 spiro atoms. The molecule has 0 unspecified atom stereocenters. The lowest BCUT2D eigenvalue weighted by Gasteiger charge is -2.10. The fourth-order valence-electron chi connectivity index (χ4n) is 2.10. The first kappa shape index (κ1) is 12.2. The lowest BCUT2D eigenvalue weighted by Crippen LogP contribution is -2.18. The maximum absolute atomic E-state index is 12.5. The van der Waals surface area contributed by atoms with Gasteiger partial charge in [0.25, 0.3) is 5.56 Å². The molecule has 0 radical (unpaired) electrons. The van der Waals surface area contributed by atoms with Crippen molar-refractivity contribution in [2.24, 2.45) is 0 Å². The van der Waals surface area contributed by atoms with Crippen LogP contribution < -0.4 is 16.0 Å². The highest BCUT2D eigenvalue weighted by molar-refractivity contribution is 5.77. The van der Waals surface area contributed by atoms with E-state index in [1.807, 2.05) is 18.2 Å². The summed E-state index contributed by atoms with van der Waals surface area (Å²) in [6.07, 6.45) is 1.51. The summed E-state index contributed by atoms with van der Waals surface area (Å²) < 4.78 is 6.65. The summed E-state index contributed by atoms with van der Waals surface area (Å²) in [5, 5.41) is 0.575. The molecular weight excluding hydrogens is 254 g/mol. The maximum Gasteiger partial charge on any atom is 0.265 e. The van der Waals surface area contributed by atoms with Gasteiger partial charge in [-0.2, -0.15) is 0 Å². The molecule has 3 aromatic rings. The smallest absolute Gasteiger partial charge is 0.265 e. The van der Waals surface area contributed by atoms with Gasteiger partial charge >= 0.3 is 0 Å². The van der Waals surface area contributed by atoms with Crippen molar-refractivity contribution in [1.29, 1.82) is 0 Å². The minimum atomic E-state index is -0.123. The number of fused-ring (bicyclic) bond motifs is 1. The standard InChI is InChI=1S/C15H13N3O2/c1-20-14-8-10(6-7-12(14)16)18-9-17-13-5-3-2-4-11(13)15(18)19/h2-9H,16H2,1H3. The van der Waals surface area contributed by atoms with Gasteiger partial charge < -0.3 is 10.5 Å². The minimum Gasteiger partial charge on any atom is -0.495 e. The molecule has 3 rings (SSSR count). The van der Waals surface area contributed by atoms with Crippen LogP contribution in [0.4, 0.5) is 5.69 Å². The summed E-state index contributed by atoms with van der Waals surface area (Å²) >= 11 is 0. The van der Waals surface area contributed by atoms with E-state index in [1.165, 1.54) is 18.0 Å². The molecule has 2 aromatic carbocycles. The van der Waals surface area contributed by atoms with E-state index >= 15 is 0 Å². The molecule has 5 heteroatoms. The fraction of sp³-hybridized carbons (Fsp3) is 0.0667. The number of ether oxygens (including phenoxy) is 1. The van der Waals surface area contributed by atoms with E-state index in [-0.39, 0.29) is 5.56 Å². The van der Waals surface area contributed by atoms with Gasteiger partial charge in [0.15, 0.2) is 0 Å². The molecule has 0 atom stereocenters. The molecule has 0 aliphatic rings. The van der Waals surface area contributed by atoms with Crippen LogP contribution in [0.2, 0.25) is 0 Å². The lowest BCUT2D eigenvalue weighted by atomic mass is 10.2. The highest BCUT2D eigenvalue weighted by Gasteiger charge is 2.07. The SMILES string of the molecule is COc1cc(-n2cnc3ccccc3c2=O)ccc1N. The molecule has 0 saturated heterocycles. The van der Waals surface area contributed by atoms with Crippen molar-refractivity contribution < 1.29 is 4.74 Å². The Morgan fingerprint density at radius 3 is 2.80 bits per heavy atom. The number of nitrogen functional groups attached to an aromatic ring is 1. The Morgan fingerprint density at radius 1 is 1.20 bits per heavy atom. The molecule has 0 aliphatic carbocycles. The van der Waals surface area contributed by atoms with E-state index in [0.29, 0.717) is 28.0 Å². The largest absolute Gasteiger partial charge is 0.495 e. The monoisotopic (exact) mass is 267 g/mol. The molecule has 0 fully saturated rings. The quantitative estimate of drug-likeness (QED) is 0.721. The topological polar surface area (TPSA) is 70.1 Å². The van der Waals surface area contributed by atoms with Gasteiger partial charge in [-0.25, -0.2) is 4.98 Å². The highest BCUT2D eigenvalue weighted by Crippen LogP contribution is 2.23. The van der Waals surface area contributed by atoms with E-state index in [4.69, 9.17) is 10.5 Å². The van der Waals surface area contributed by atoms with Crippen LogP contribution in [0, 0.1) is 0 Å². The Bertz CT molecular complexity index is 840. The number of para-hydroxylation sites is 1. The van der Waals surface area contributed by atoms with Gasteiger partial charge in [-0.3, -0.25) is 9.36 Å². The highest BCUT2D eigenvalue weighted by atomic mass is 16.5. The van der Waals surface area contributed by atoms with E-state index in [0.717, 1.165) is 0 Å². The first-order valence-corrected chi connectivity index (χ1v) is 6.11. The van der Waals surface area contributed by atoms with Crippen LogP contribution in [-0.2, 0) is 0 Å². The minimum absolute atomic E-state index is 0.123. The summed E-state index contributed by atoms with van der Waals surface area (Å²) in [7, 11) is 1.54. The van der Waals surface area contributed by atoms with Crippen molar-refractivity contribution in [2.45, 2.75) is 0 Å². The Morgan fingerprint density at radius 2 is 2.00 bits per heavy atom. The second-order valence-electron chi connectivity index (χ2n) is 4.36. The molecule has 0 amide bonds. The second kappa shape index (κ2) is 4.70. The van der Waals surface area contributed by atoms with Gasteiger partial charge in [0.1, 0.15) is 12.1 Å². The van der Waals surface area contributed by atoms with Crippen molar-refractivity contribution in [2.75, 3.05) is 12.8 Å². The number of hydrogen-bond acceptors (Lipinski definition) is 4. The molecule has 0 saturated carbocycles. The summed E-state index contributed by atoms with van der Waals surface area (Å²) in [6.45, 7) is 0. The number of nitrogens with zero attached hydrogens (tertiary/aromatic N) is 2. The molecule has 1 heterocycles. The van der Waals surface area contributed by atoms with Crippen LogP contribution in [0.15, 0.2) is 53.6 Å². The first-order chi connectivity index (χ1) is 9.70. The van der Waals surface area contributed by atoms with Crippen LogP contribution in [0.3, 0.4) is 0 Å². The average Bonchev–Trinajstić information content (AvgIpc) is 2.49. The normalized spacial score (nSPS) is 10.7. The third-order valence-electron chi connectivity index (χ3n) is 3.16. The van der Waals surface area contributed by atoms with Crippen molar-refractivity contribution in [3.8, 4) is 11.4 Å². The van der Waals surface area contributed by atoms with Crippen molar-refractivity contribution >= 4 is 16.6 Å². The van der Waals surface area contributed by atoms with E-state index < -0.39 is 0 Å². The Balaban J connectivity index is 2.25. The number of nitrogens with two attached hydrogens (primary N) is 1. The maximum atomic E-state index is 12.5. The number of methoxy groups -OCH3 is 1. The fourth-order valence-corrected chi connectivity index (χ4v) is 2.10. The zero-order valence-corrected chi connectivity index (χ0v) is 10.9. The molecule has 2 N–H and O–H groups in total. The third-order valence-corrected chi connectivity index (χ3v) is 3.16. The van der Waals surface area contributed by atoms with Gasteiger partial charge in [-0.15, -0.1) is 0 Å². The molecule has 5 nitrogen and oxygen atoms in total. The lowest BCUT2D eigenvalue weighted by molar-refractivity contribution is 0.417. The third kappa shape index (κ3) is 1.89. The summed E-state index contributed by atoms with van der Waals surface area (Å²) in [5.74, 6) is 0.530. The van der Waals surface area contributed by atoms with Crippen molar-refractivity contribution in [1.82, 2.24) is 9.55 Å². The Labute approximate surface area is 115 Å². The number of rotatable bonds is 2. The molecule has 0 bridgehead atoms. The molecule has 20 heavy (non-hydrogen) atoms. The van der Waals surface area contributed by atoms with Crippen LogP contribution in [-0.4, -0.2) is 16.7 Å².